The SMILES string of the molecule is COC1CCN(c2nc(Cl)ccc2N)CC1. The van der Waals surface area contributed by atoms with Crippen LogP contribution in [-0.2, 0) is 4.74 Å². The van der Waals surface area contributed by atoms with Crippen molar-refractivity contribution in [3.63, 3.8) is 0 Å². The second-order valence-corrected chi connectivity index (χ2v) is 4.36. The van der Waals surface area contributed by atoms with Gasteiger partial charge in [0.1, 0.15) is 5.15 Å². The minimum atomic E-state index is 0.358. The Morgan fingerprint density at radius 3 is 2.75 bits per heavy atom. The van der Waals surface area contributed by atoms with Crippen molar-refractivity contribution < 1.29 is 4.74 Å². The molecule has 1 saturated heterocycles. The Morgan fingerprint density at radius 1 is 1.44 bits per heavy atom. The molecular formula is C11H16ClN3O. The summed E-state index contributed by atoms with van der Waals surface area (Å²) in [6, 6.07) is 3.51. The molecule has 0 unspecified atom stereocenters. The molecule has 0 atom stereocenters. The Labute approximate surface area is 100 Å². The Kier molecular flexibility index (Phi) is 3.51. The maximum atomic E-state index is 5.89. The molecule has 4 nitrogen and oxygen atoms in total. The third kappa shape index (κ3) is 2.39. The Hall–Kier alpha value is -1.00. The van der Waals surface area contributed by atoms with E-state index >= 15 is 0 Å². The Morgan fingerprint density at radius 2 is 2.12 bits per heavy atom. The fraction of sp³-hybridized carbons (Fsp3) is 0.545. The van der Waals surface area contributed by atoms with E-state index in [0.29, 0.717) is 16.9 Å². The number of methoxy groups -OCH3 is 1. The van der Waals surface area contributed by atoms with E-state index in [-0.39, 0.29) is 0 Å². The van der Waals surface area contributed by atoms with Gasteiger partial charge in [0, 0.05) is 20.2 Å². The number of pyridine rings is 1. The van der Waals surface area contributed by atoms with Crippen LogP contribution in [0.1, 0.15) is 12.8 Å². The number of nitrogens with zero attached hydrogens (tertiary/aromatic N) is 2. The van der Waals surface area contributed by atoms with E-state index in [1.165, 1.54) is 0 Å². The summed E-state index contributed by atoms with van der Waals surface area (Å²) in [5, 5.41) is 0.484. The van der Waals surface area contributed by atoms with Gasteiger partial charge < -0.3 is 15.4 Å². The lowest BCUT2D eigenvalue weighted by Crippen LogP contribution is -2.37. The number of hydrogen-bond donors (Lipinski definition) is 1. The summed E-state index contributed by atoms with van der Waals surface area (Å²) in [5.74, 6) is 0.794. The molecule has 0 aliphatic carbocycles. The maximum absolute atomic E-state index is 5.89. The van der Waals surface area contributed by atoms with Crippen LogP contribution in [0.5, 0.6) is 0 Å². The van der Waals surface area contributed by atoms with Crippen LogP contribution in [-0.4, -0.2) is 31.3 Å². The summed E-state index contributed by atoms with van der Waals surface area (Å²) in [6.45, 7) is 1.83. The van der Waals surface area contributed by atoms with E-state index in [4.69, 9.17) is 22.1 Å². The minimum absolute atomic E-state index is 0.358. The highest BCUT2D eigenvalue weighted by atomic mass is 35.5. The van der Waals surface area contributed by atoms with Crippen LogP contribution in [0.15, 0.2) is 12.1 Å². The predicted molar refractivity (Wildman–Crippen MR) is 65.9 cm³/mol. The van der Waals surface area contributed by atoms with Crippen molar-refractivity contribution in [1.82, 2.24) is 4.98 Å². The number of nitrogen functional groups attached to an aromatic ring is 1. The lowest BCUT2D eigenvalue weighted by Gasteiger charge is -2.32. The molecular weight excluding hydrogens is 226 g/mol. The molecule has 1 aliphatic heterocycles. The highest BCUT2D eigenvalue weighted by Gasteiger charge is 2.21. The molecule has 1 aliphatic rings. The third-order valence-corrected chi connectivity index (χ3v) is 3.16. The summed E-state index contributed by atoms with van der Waals surface area (Å²) in [6.07, 6.45) is 2.37. The van der Waals surface area contributed by atoms with Gasteiger partial charge in [-0.1, -0.05) is 11.6 Å². The molecule has 1 fully saturated rings. The van der Waals surface area contributed by atoms with Gasteiger partial charge in [0.2, 0.25) is 0 Å². The minimum Gasteiger partial charge on any atom is -0.396 e. The van der Waals surface area contributed by atoms with Gasteiger partial charge in [-0.2, -0.15) is 0 Å². The summed E-state index contributed by atoms with van der Waals surface area (Å²) in [4.78, 5) is 6.44. The van der Waals surface area contributed by atoms with Crippen LogP contribution in [0.25, 0.3) is 0 Å². The number of halogens is 1. The number of nitrogens with two attached hydrogens (primary N) is 1. The highest BCUT2D eigenvalue weighted by Crippen LogP contribution is 2.26. The first kappa shape index (κ1) is 11.5. The van der Waals surface area contributed by atoms with E-state index in [1.807, 2.05) is 0 Å². The zero-order valence-corrected chi connectivity index (χ0v) is 10.1. The predicted octanol–water partition coefficient (Wildman–Crippen LogP) is 1.93. The molecule has 2 N–H and O–H groups in total. The zero-order valence-electron chi connectivity index (χ0n) is 9.32. The van der Waals surface area contributed by atoms with Gasteiger partial charge in [-0.3, -0.25) is 0 Å². The monoisotopic (exact) mass is 241 g/mol. The topological polar surface area (TPSA) is 51.4 Å². The second-order valence-electron chi connectivity index (χ2n) is 3.97. The van der Waals surface area contributed by atoms with Crippen molar-refractivity contribution in [3.8, 4) is 0 Å². The molecule has 2 heterocycles. The quantitative estimate of drug-likeness (QED) is 0.804. The van der Waals surface area contributed by atoms with Crippen LogP contribution in [0.4, 0.5) is 11.5 Å². The zero-order chi connectivity index (χ0) is 11.5. The molecule has 0 bridgehead atoms. The van der Waals surface area contributed by atoms with Crippen LogP contribution < -0.4 is 10.6 Å². The molecule has 2 rings (SSSR count). The molecule has 0 radical (unpaired) electrons. The summed E-state index contributed by atoms with van der Waals surface area (Å²) >= 11 is 5.87. The average molecular weight is 242 g/mol. The number of rotatable bonds is 2. The number of anilines is 2. The molecule has 0 spiro atoms. The Balaban J connectivity index is 2.10. The largest absolute Gasteiger partial charge is 0.396 e. The van der Waals surface area contributed by atoms with E-state index in [9.17, 15) is 0 Å². The van der Waals surface area contributed by atoms with E-state index in [1.54, 1.807) is 19.2 Å². The number of piperidine rings is 1. The molecule has 1 aromatic rings. The molecule has 0 aromatic carbocycles. The first-order valence-electron chi connectivity index (χ1n) is 5.40. The van der Waals surface area contributed by atoms with Gasteiger partial charge in [-0.05, 0) is 25.0 Å². The van der Waals surface area contributed by atoms with Crippen LogP contribution in [0.3, 0.4) is 0 Å². The van der Waals surface area contributed by atoms with Crippen LogP contribution >= 0.6 is 11.6 Å². The van der Waals surface area contributed by atoms with Crippen molar-refractivity contribution in [2.45, 2.75) is 18.9 Å². The molecule has 1 aromatic heterocycles. The molecule has 88 valence electrons. The fourth-order valence-electron chi connectivity index (χ4n) is 1.99. The van der Waals surface area contributed by atoms with Gasteiger partial charge in [-0.15, -0.1) is 0 Å². The third-order valence-electron chi connectivity index (χ3n) is 2.95. The average Bonchev–Trinajstić information content (AvgIpc) is 2.32. The normalized spacial score (nSPS) is 17.8. The molecule has 5 heteroatoms. The Bertz CT molecular complexity index is 364. The van der Waals surface area contributed by atoms with Crippen molar-refractivity contribution >= 4 is 23.1 Å². The van der Waals surface area contributed by atoms with Gasteiger partial charge in [0.25, 0.3) is 0 Å². The van der Waals surface area contributed by atoms with Crippen LogP contribution in [0.2, 0.25) is 5.15 Å². The fourth-order valence-corrected chi connectivity index (χ4v) is 2.14. The number of ether oxygens (including phenoxy) is 1. The number of hydrogen-bond acceptors (Lipinski definition) is 4. The maximum Gasteiger partial charge on any atom is 0.153 e. The lowest BCUT2D eigenvalue weighted by atomic mass is 10.1. The lowest BCUT2D eigenvalue weighted by molar-refractivity contribution is 0.0818. The molecule has 16 heavy (non-hydrogen) atoms. The first-order chi connectivity index (χ1) is 7.70. The van der Waals surface area contributed by atoms with E-state index in [2.05, 4.69) is 9.88 Å². The summed E-state index contributed by atoms with van der Waals surface area (Å²) < 4.78 is 5.32. The standard InChI is InChI=1S/C11H16ClN3O/c1-16-8-4-6-15(7-5-8)11-9(13)2-3-10(12)14-11/h2-3,8H,4-7,13H2,1H3. The van der Waals surface area contributed by atoms with Crippen LogP contribution in [0, 0.1) is 0 Å². The van der Waals surface area contributed by atoms with Gasteiger partial charge >= 0.3 is 0 Å². The van der Waals surface area contributed by atoms with Crippen molar-refractivity contribution in [2.75, 3.05) is 30.8 Å². The van der Waals surface area contributed by atoms with Gasteiger partial charge in [0.05, 0.1) is 11.8 Å². The van der Waals surface area contributed by atoms with Crippen molar-refractivity contribution in [2.24, 2.45) is 0 Å². The smallest absolute Gasteiger partial charge is 0.153 e. The first-order valence-corrected chi connectivity index (χ1v) is 5.78. The second kappa shape index (κ2) is 4.89. The van der Waals surface area contributed by atoms with E-state index in [0.717, 1.165) is 31.7 Å². The van der Waals surface area contributed by atoms with Gasteiger partial charge in [-0.25, -0.2) is 4.98 Å². The van der Waals surface area contributed by atoms with Crippen molar-refractivity contribution in [3.05, 3.63) is 17.3 Å². The summed E-state index contributed by atoms with van der Waals surface area (Å²) in [5.41, 5.74) is 6.57. The summed E-state index contributed by atoms with van der Waals surface area (Å²) in [7, 11) is 1.76. The highest BCUT2D eigenvalue weighted by molar-refractivity contribution is 6.29. The van der Waals surface area contributed by atoms with Gasteiger partial charge in [0.15, 0.2) is 5.82 Å². The molecule has 0 amide bonds. The number of aromatic nitrogens is 1. The van der Waals surface area contributed by atoms with Crippen molar-refractivity contribution in [1.29, 1.82) is 0 Å². The van der Waals surface area contributed by atoms with E-state index < -0.39 is 0 Å². The molecule has 0 saturated carbocycles.